The molecule has 1 heterocycles. The van der Waals surface area contributed by atoms with Crippen LogP contribution in [0, 0.1) is 0 Å². The van der Waals surface area contributed by atoms with Crippen LogP contribution in [0.1, 0.15) is 17.9 Å². The standard InChI is InChI=1S/C14H20N2O3/c1-18-9-10(8-15)16-14(17)12-6-7-19-13-5-3-2-4-11(12)13/h2-5,10,12H,6-9,15H2,1H3,(H,16,17). The van der Waals surface area contributed by atoms with Gasteiger partial charge in [-0.2, -0.15) is 0 Å². The van der Waals surface area contributed by atoms with Gasteiger partial charge in [0.25, 0.3) is 0 Å². The van der Waals surface area contributed by atoms with Crippen LogP contribution < -0.4 is 15.8 Å². The summed E-state index contributed by atoms with van der Waals surface area (Å²) < 4.78 is 10.6. The van der Waals surface area contributed by atoms with Crippen molar-refractivity contribution in [2.45, 2.75) is 18.4 Å². The lowest BCUT2D eigenvalue weighted by Gasteiger charge is -2.26. The predicted octanol–water partition coefficient (Wildman–Crippen LogP) is 0.643. The third-order valence-corrected chi connectivity index (χ3v) is 3.27. The molecule has 5 nitrogen and oxygen atoms in total. The van der Waals surface area contributed by atoms with Gasteiger partial charge in [-0.15, -0.1) is 0 Å². The van der Waals surface area contributed by atoms with Crippen LogP contribution in [0.2, 0.25) is 0 Å². The lowest BCUT2D eigenvalue weighted by atomic mass is 9.92. The maximum absolute atomic E-state index is 12.3. The van der Waals surface area contributed by atoms with Gasteiger partial charge in [0, 0.05) is 19.2 Å². The molecule has 0 radical (unpaired) electrons. The van der Waals surface area contributed by atoms with Crippen LogP contribution in [-0.4, -0.2) is 38.8 Å². The Bertz CT molecular complexity index is 436. The zero-order chi connectivity index (χ0) is 13.7. The molecule has 104 valence electrons. The Hall–Kier alpha value is -1.59. The molecule has 1 amide bonds. The van der Waals surface area contributed by atoms with Crippen LogP contribution >= 0.6 is 0 Å². The van der Waals surface area contributed by atoms with E-state index in [4.69, 9.17) is 15.2 Å². The Morgan fingerprint density at radius 1 is 1.58 bits per heavy atom. The molecule has 0 bridgehead atoms. The highest BCUT2D eigenvalue weighted by molar-refractivity contribution is 5.85. The number of fused-ring (bicyclic) bond motifs is 1. The number of hydrogen-bond donors (Lipinski definition) is 2. The van der Waals surface area contributed by atoms with Crippen molar-refractivity contribution in [2.24, 2.45) is 5.73 Å². The number of methoxy groups -OCH3 is 1. The molecule has 0 saturated heterocycles. The molecule has 1 aliphatic rings. The van der Waals surface area contributed by atoms with E-state index in [0.717, 1.165) is 11.3 Å². The van der Waals surface area contributed by atoms with E-state index in [1.165, 1.54) is 0 Å². The largest absolute Gasteiger partial charge is 0.493 e. The van der Waals surface area contributed by atoms with Crippen molar-refractivity contribution < 1.29 is 14.3 Å². The van der Waals surface area contributed by atoms with Crippen LogP contribution in [0.4, 0.5) is 0 Å². The van der Waals surface area contributed by atoms with Crippen molar-refractivity contribution in [3.63, 3.8) is 0 Å². The zero-order valence-corrected chi connectivity index (χ0v) is 11.1. The molecule has 1 aliphatic heterocycles. The number of carbonyl (C=O) groups is 1. The number of nitrogens with one attached hydrogen (secondary N) is 1. The summed E-state index contributed by atoms with van der Waals surface area (Å²) in [4.78, 5) is 12.3. The summed E-state index contributed by atoms with van der Waals surface area (Å²) in [7, 11) is 1.60. The van der Waals surface area contributed by atoms with E-state index in [1.54, 1.807) is 7.11 Å². The van der Waals surface area contributed by atoms with Gasteiger partial charge in [-0.1, -0.05) is 18.2 Å². The highest BCUT2D eigenvalue weighted by Gasteiger charge is 2.28. The van der Waals surface area contributed by atoms with Gasteiger partial charge >= 0.3 is 0 Å². The number of ether oxygens (including phenoxy) is 2. The fraction of sp³-hybridized carbons (Fsp3) is 0.500. The highest BCUT2D eigenvalue weighted by atomic mass is 16.5. The molecule has 1 aromatic rings. The van der Waals surface area contributed by atoms with Crippen molar-refractivity contribution in [3.05, 3.63) is 29.8 Å². The van der Waals surface area contributed by atoms with E-state index < -0.39 is 0 Å². The van der Waals surface area contributed by atoms with Gasteiger partial charge in [-0.3, -0.25) is 4.79 Å². The first-order valence-electron chi connectivity index (χ1n) is 6.47. The normalized spacial score (nSPS) is 19.2. The molecule has 0 saturated carbocycles. The quantitative estimate of drug-likeness (QED) is 0.818. The van der Waals surface area contributed by atoms with E-state index in [9.17, 15) is 4.79 Å². The first kappa shape index (κ1) is 13.8. The smallest absolute Gasteiger partial charge is 0.228 e. The van der Waals surface area contributed by atoms with Crippen molar-refractivity contribution in [1.29, 1.82) is 0 Å². The van der Waals surface area contributed by atoms with Crippen LogP contribution in [-0.2, 0) is 9.53 Å². The van der Waals surface area contributed by atoms with Gasteiger partial charge < -0.3 is 20.5 Å². The lowest BCUT2D eigenvalue weighted by Crippen LogP contribution is -2.45. The molecule has 5 heteroatoms. The number of hydrogen-bond acceptors (Lipinski definition) is 4. The summed E-state index contributed by atoms with van der Waals surface area (Å²) in [6.07, 6.45) is 0.688. The Balaban J connectivity index is 2.08. The average Bonchev–Trinajstić information content (AvgIpc) is 2.46. The summed E-state index contributed by atoms with van der Waals surface area (Å²) in [6, 6.07) is 7.51. The van der Waals surface area contributed by atoms with Crippen LogP contribution in [0.5, 0.6) is 5.75 Å². The molecule has 2 unspecified atom stereocenters. The van der Waals surface area contributed by atoms with E-state index in [0.29, 0.717) is 26.2 Å². The summed E-state index contributed by atoms with van der Waals surface area (Å²) in [5, 5.41) is 2.93. The molecule has 0 aromatic heterocycles. The SMILES string of the molecule is COCC(CN)NC(=O)C1CCOc2ccccc21. The molecular formula is C14H20N2O3. The van der Waals surface area contributed by atoms with Gasteiger partial charge in [0.2, 0.25) is 5.91 Å². The monoisotopic (exact) mass is 264 g/mol. The minimum absolute atomic E-state index is 0.0109. The summed E-state index contributed by atoms with van der Waals surface area (Å²) in [5.74, 6) is 0.615. The van der Waals surface area contributed by atoms with Gasteiger partial charge in [0.15, 0.2) is 0 Å². The van der Waals surface area contributed by atoms with Gasteiger partial charge in [-0.25, -0.2) is 0 Å². The Labute approximate surface area is 113 Å². The van der Waals surface area contributed by atoms with Crippen molar-refractivity contribution >= 4 is 5.91 Å². The first-order chi connectivity index (χ1) is 9.26. The highest BCUT2D eigenvalue weighted by Crippen LogP contribution is 2.33. The number of benzene rings is 1. The molecule has 1 aromatic carbocycles. The second kappa shape index (κ2) is 6.54. The number of rotatable bonds is 5. The summed E-state index contributed by atoms with van der Waals surface area (Å²) >= 11 is 0. The molecule has 19 heavy (non-hydrogen) atoms. The van der Waals surface area contributed by atoms with Crippen LogP contribution in [0.3, 0.4) is 0 Å². The third-order valence-electron chi connectivity index (χ3n) is 3.27. The van der Waals surface area contributed by atoms with Crippen molar-refractivity contribution in [1.82, 2.24) is 5.32 Å². The molecule has 2 rings (SSSR count). The fourth-order valence-electron chi connectivity index (χ4n) is 2.29. The van der Waals surface area contributed by atoms with Gasteiger partial charge in [0.05, 0.1) is 25.2 Å². The van der Waals surface area contributed by atoms with Gasteiger partial charge in [-0.05, 0) is 12.5 Å². The Morgan fingerprint density at radius 2 is 2.37 bits per heavy atom. The van der Waals surface area contributed by atoms with E-state index in [1.807, 2.05) is 24.3 Å². The van der Waals surface area contributed by atoms with E-state index in [2.05, 4.69) is 5.32 Å². The van der Waals surface area contributed by atoms with Crippen LogP contribution in [0.15, 0.2) is 24.3 Å². The van der Waals surface area contributed by atoms with Crippen LogP contribution in [0.25, 0.3) is 0 Å². The second-order valence-electron chi connectivity index (χ2n) is 4.62. The molecular weight excluding hydrogens is 244 g/mol. The third kappa shape index (κ3) is 3.24. The molecule has 2 atom stereocenters. The maximum Gasteiger partial charge on any atom is 0.228 e. The zero-order valence-electron chi connectivity index (χ0n) is 11.1. The lowest BCUT2D eigenvalue weighted by molar-refractivity contribution is -0.124. The summed E-state index contributed by atoms with van der Waals surface area (Å²) in [6.45, 7) is 1.35. The number of para-hydroxylation sites is 1. The Morgan fingerprint density at radius 3 is 3.11 bits per heavy atom. The van der Waals surface area contributed by atoms with Crippen molar-refractivity contribution in [2.75, 3.05) is 26.9 Å². The molecule has 0 fully saturated rings. The Kier molecular flexibility index (Phi) is 4.76. The average molecular weight is 264 g/mol. The predicted molar refractivity (Wildman–Crippen MR) is 72.2 cm³/mol. The van der Waals surface area contributed by atoms with Gasteiger partial charge in [0.1, 0.15) is 5.75 Å². The number of carbonyl (C=O) groups excluding carboxylic acids is 1. The molecule has 3 N–H and O–H groups in total. The topological polar surface area (TPSA) is 73.6 Å². The second-order valence-corrected chi connectivity index (χ2v) is 4.62. The molecule has 0 spiro atoms. The number of amides is 1. The fourth-order valence-corrected chi connectivity index (χ4v) is 2.29. The minimum Gasteiger partial charge on any atom is -0.493 e. The first-order valence-corrected chi connectivity index (χ1v) is 6.47. The van der Waals surface area contributed by atoms with E-state index in [-0.39, 0.29) is 17.9 Å². The van der Waals surface area contributed by atoms with Crippen molar-refractivity contribution in [3.8, 4) is 5.75 Å². The molecule has 0 aliphatic carbocycles. The van der Waals surface area contributed by atoms with E-state index >= 15 is 0 Å². The number of nitrogens with two attached hydrogens (primary N) is 1. The maximum atomic E-state index is 12.3. The summed E-state index contributed by atoms with van der Waals surface area (Å²) in [5.41, 5.74) is 6.56. The minimum atomic E-state index is -0.171.